The topological polar surface area (TPSA) is 77.1 Å². The van der Waals surface area contributed by atoms with Crippen LogP contribution in [-0.2, 0) is 4.79 Å². The van der Waals surface area contributed by atoms with Crippen molar-refractivity contribution >= 4 is 46.2 Å². The molecule has 4 rings (SSSR count). The van der Waals surface area contributed by atoms with Gasteiger partial charge >= 0.3 is 0 Å². The van der Waals surface area contributed by atoms with E-state index in [0.717, 1.165) is 5.56 Å². The van der Waals surface area contributed by atoms with Crippen LogP contribution in [0.1, 0.15) is 29.8 Å². The highest BCUT2D eigenvalue weighted by Gasteiger charge is 2.31. The standard InChI is InChI=1S/C23H22N2O5S2/c1-14(2)30-17-6-4-16(5-7-17)21(26)24-9-10-25-22(27)20(32-23(25)31)12-15-3-8-18-19(11-15)29-13-28-18/h3-8,11-12,14H,9-10,13H2,1-2H3,(H,24,26). The van der Waals surface area contributed by atoms with Crippen molar-refractivity contribution in [3.63, 3.8) is 0 Å². The van der Waals surface area contributed by atoms with Gasteiger partial charge in [0.2, 0.25) is 6.79 Å². The summed E-state index contributed by atoms with van der Waals surface area (Å²) in [7, 11) is 0. The van der Waals surface area contributed by atoms with Crippen LogP contribution in [0.2, 0.25) is 0 Å². The minimum absolute atomic E-state index is 0.0679. The van der Waals surface area contributed by atoms with Crippen molar-refractivity contribution in [2.75, 3.05) is 19.9 Å². The number of thiocarbonyl (C=S) groups is 1. The van der Waals surface area contributed by atoms with Crippen molar-refractivity contribution < 1.29 is 23.8 Å². The number of nitrogens with zero attached hydrogens (tertiary/aromatic N) is 1. The lowest BCUT2D eigenvalue weighted by Gasteiger charge is -2.15. The molecule has 1 saturated heterocycles. The van der Waals surface area contributed by atoms with Gasteiger partial charge in [0.1, 0.15) is 10.1 Å². The van der Waals surface area contributed by atoms with E-state index < -0.39 is 0 Å². The first kappa shape index (κ1) is 22.2. The zero-order valence-corrected chi connectivity index (χ0v) is 19.3. The highest BCUT2D eigenvalue weighted by atomic mass is 32.2. The van der Waals surface area contributed by atoms with Crippen LogP contribution in [0.4, 0.5) is 0 Å². The van der Waals surface area contributed by atoms with Crippen molar-refractivity contribution in [3.8, 4) is 17.2 Å². The first-order valence-corrected chi connectivity index (χ1v) is 11.3. The van der Waals surface area contributed by atoms with E-state index >= 15 is 0 Å². The Balaban J connectivity index is 1.32. The lowest BCUT2D eigenvalue weighted by Crippen LogP contribution is -2.37. The molecule has 0 aliphatic carbocycles. The molecule has 0 saturated carbocycles. The Morgan fingerprint density at radius 1 is 1.22 bits per heavy atom. The summed E-state index contributed by atoms with van der Waals surface area (Å²) in [5.74, 6) is 1.65. The third kappa shape index (κ3) is 5.05. The van der Waals surface area contributed by atoms with Gasteiger partial charge in [0.05, 0.1) is 11.0 Å². The first-order valence-electron chi connectivity index (χ1n) is 10.1. The fraction of sp³-hybridized carbons (Fsp3) is 0.261. The number of amides is 2. The first-order chi connectivity index (χ1) is 15.4. The molecule has 2 heterocycles. The van der Waals surface area contributed by atoms with E-state index in [1.807, 2.05) is 32.0 Å². The third-order valence-corrected chi connectivity index (χ3v) is 6.06. The maximum Gasteiger partial charge on any atom is 0.266 e. The number of ether oxygens (including phenoxy) is 3. The predicted octanol–water partition coefficient (Wildman–Crippen LogP) is 3.83. The molecule has 0 atom stereocenters. The molecule has 1 N–H and O–H groups in total. The molecular formula is C23H22N2O5S2. The highest BCUT2D eigenvalue weighted by Crippen LogP contribution is 2.36. The average molecular weight is 471 g/mol. The minimum Gasteiger partial charge on any atom is -0.491 e. The smallest absolute Gasteiger partial charge is 0.266 e. The molecule has 9 heteroatoms. The molecule has 2 amide bonds. The lowest BCUT2D eigenvalue weighted by atomic mass is 10.2. The molecule has 166 valence electrons. The Morgan fingerprint density at radius 3 is 2.72 bits per heavy atom. The second-order valence-corrected chi connectivity index (χ2v) is 9.07. The summed E-state index contributed by atoms with van der Waals surface area (Å²) in [6, 6.07) is 12.4. The van der Waals surface area contributed by atoms with Crippen LogP contribution in [0.3, 0.4) is 0 Å². The molecule has 0 unspecified atom stereocenters. The summed E-state index contributed by atoms with van der Waals surface area (Å²) < 4.78 is 16.7. The Bertz CT molecular complexity index is 1080. The van der Waals surface area contributed by atoms with Crippen LogP contribution in [0.25, 0.3) is 6.08 Å². The van der Waals surface area contributed by atoms with Gasteiger partial charge in [-0.25, -0.2) is 0 Å². The van der Waals surface area contributed by atoms with Crippen molar-refractivity contribution in [2.24, 2.45) is 0 Å². The van der Waals surface area contributed by atoms with Gasteiger partial charge in [-0.1, -0.05) is 30.0 Å². The van der Waals surface area contributed by atoms with Crippen LogP contribution >= 0.6 is 24.0 Å². The Labute approximate surface area is 195 Å². The molecule has 2 aliphatic rings. The van der Waals surface area contributed by atoms with Crippen molar-refractivity contribution in [1.29, 1.82) is 0 Å². The van der Waals surface area contributed by atoms with Crippen molar-refractivity contribution in [3.05, 3.63) is 58.5 Å². The van der Waals surface area contributed by atoms with E-state index in [0.29, 0.717) is 38.6 Å². The van der Waals surface area contributed by atoms with E-state index in [9.17, 15) is 9.59 Å². The van der Waals surface area contributed by atoms with Crippen molar-refractivity contribution in [1.82, 2.24) is 10.2 Å². The molecular weight excluding hydrogens is 448 g/mol. The second-order valence-electron chi connectivity index (χ2n) is 7.39. The molecule has 2 aromatic carbocycles. The summed E-state index contributed by atoms with van der Waals surface area (Å²) in [5.41, 5.74) is 1.35. The summed E-state index contributed by atoms with van der Waals surface area (Å²) in [6.45, 7) is 4.66. The maximum atomic E-state index is 12.8. The zero-order valence-electron chi connectivity index (χ0n) is 17.6. The normalized spacial score (nSPS) is 16.2. The zero-order chi connectivity index (χ0) is 22.7. The average Bonchev–Trinajstić information content (AvgIpc) is 3.33. The number of carbonyl (C=O) groups is 2. The molecule has 0 bridgehead atoms. The van der Waals surface area contributed by atoms with Gasteiger partial charge in [-0.2, -0.15) is 0 Å². The Kier molecular flexibility index (Phi) is 6.66. The third-order valence-electron chi connectivity index (χ3n) is 4.68. The number of carbonyl (C=O) groups excluding carboxylic acids is 2. The number of fused-ring (bicyclic) bond motifs is 1. The number of thioether (sulfide) groups is 1. The summed E-state index contributed by atoms with van der Waals surface area (Å²) in [5, 5.41) is 2.83. The van der Waals surface area contributed by atoms with Gasteiger partial charge in [0.15, 0.2) is 11.5 Å². The van der Waals surface area contributed by atoms with Gasteiger partial charge in [-0.15, -0.1) is 0 Å². The fourth-order valence-electron chi connectivity index (χ4n) is 3.19. The van der Waals surface area contributed by atoms with Gasteiger partial charge in [-0.3, -0.25) is 14.5 Å². The number of hydrogen-bond donors (Lipinski definition) is 1. The van der Waals surface area contributed by atoms with Crippen LogP contribution < -0.4 is 19.5 Å². The molecule has 1 fully saturated rings. The molecule has 32 heavy (non-hydrogen) atoms. The molecule has 2 aromatic rings. The summed E-state index contributed by atoms with van der Waals surface area (Å²) in [4.78, 5) is 27.2. The van der Waals surface area contributed by atoms with E-state index in [1.54, 1.807) is 30.3 Å². The number of hydrogen-bond acceptors (Lipinski definition) is 7. The van der Waals surface area contributed by atoms with Gasteiger partial charge in [0, 0.05) is 18.7 Å². The minimum atomic E-state index is -0.220. The number of rotatable bonds is 7. The fourth-order valence-corrected chi connectivity index (χ4v) is 4.50. The monoisotopic (exact) mass is 470 g/mol. The largest absolute Gasteiger partial charge is 0.491 e. The molecule has 2 aliphatic heterocycles. The van der Waals surface area contributed by atoms with E-state index in [-0.39, 0.29) is 31.3 Å². The second kappa shape index (κ2) is 9.62. The van der Waals surface area contributed by atoms with E-state index in [2.05, 4.69) is 5.32 Å². The quantitative estimate of drug-likeness (QED) is 0.487. The van der Waals surface area contributed by atoms with Gasteiger partial charge < -0.3 is 19.5 Å². The molecule has 0 radical (unpaired) electrons. The summed E-state index contributed by atoms with van der Waals surface area (Å²) in [6.07, 6.45) is 1.85. The highest BCUT2D eigenvalue weighted by molar-refractivity contribution is 8.26. The van der Waals surface area contributed by atoms with Gasteiger partial charge in [-0.05, 0) is 61.9 Å². The van der Waals surface area contributed by atoms with E-state index in [4.69, 9.17) is 26.4 Å². The molecule has 0 aromatic heterocycles. The van der Waals surface area contributed by atoms with Crippen molar-refractivity contribution in [2.45, 2.75) is 20.0 Å². The predicted molar refractivity (Wildman–Crippen MR) is 127 cm³/mol. The Hall–Kier alpha value is -3.04. The van der Waals surface area contributed by atoms with Crippen LogP contribution in [0.15, 0.2) is 47.4 Å². The number of nitrogens with one attached hydrogen (secondary N) is 1. The van der Waals surface area contributed by atoms with E-state index in [1.165, 1.54) is 16.7 Å². The molecule has 7 nitrogen and oxygen atoms in total. The maximum absolute atomic E-state index is 12.8. The SMILES string of the molecule is CC(C)Oc1ccc(C(=O)NCCN2C(=O)C(=Cc3ccc4c(c3)OCO4)SC2=S)cc1. The van der Waals surface area contributed by atoms with Crippen LogP contribution in [0, 0.1) is 0 Å². The molecule has 0 spiro atoms. The van der Waals surface area contributed by atoms with Gasteiger partial charge in [0.25, 0.3) is 11.8 Å². The summed E-state index contributed by atoms with van der Waals surface area (Å²) >= 11 is 6.61. The van der Waals surface area contributed by atoms with Crippen LogP contribution in [-0.4, -0.2) is 47.0 Å². The lowest BCUT2D eigenvalue weighted by molar-refractivity contribution is -0.122. The Morgan fingerprint density at radius 2 is 1.97 bits per heavy atom. The van der Waals surface area contributed by atoms with Crippen LogP contribution in [0.5, 0.6) is 17.2 Å². The number of benzene rings is 2.